The molecule has 0 bridgehead atoms. The molecule has 2 aromatic heterocycles. The fourth-order valence-electron chi connectivity index (χ4n) is 4.16. The van der Waals surface area contributed by atoms with E-state index in [0.717, 1.165) is 60.9 Å². The molecule has 0 amide bonds. The van der Waals surface area contributed by atoms with Crippen molar-refractivity contribution in [2.24, 2.45) is 5.92 Å². The number of aromatic nitrogens is 2. The maximum absolute atomic E-state index is 12.5. The van der Waals surface area contributed by atoms with Gasteiger partial charge in [-0.2, -0.15) is 0 Å². The molecule has 1 saturated carbocycles. The predicted octanol–water partition coefficient (Wildman–Crippen LogP) is 5.36. The zero-order valence-electron chi connectivity index (χ0n) is 16.4. The van der Waals surface area contributed by atoms with Crippen molar-refractivity contribution < 1.29 is 8.95 Å². The molecule has 29 heavy (non-hydrogen) atoms. The van der Waals surface area contributed by atoms with E-state index in [1.165, 1.54) is 11.3 Å². The summed E-state index contributed by atoms with van der Waals surface area (Å²) in [5, 5.41) is 3.41. The Bertz CT molecular complexity index is 955. The number of hydrogen-bond donors (Lipinski definition) is 1. The van der Waals surface area contributed by atoms with E-state index in [9.17, 15) is 4.21 Å². The van der Waals surface area contributed by atoms with Gasteiger partial charge in [0.05, 0.1) is 16.5 Å². The zero-order valence-corrected chi connectivity index (χ0v) is 18.0. The van der Waals surface area contributed by atoms with Crippen molar-refractivity contribution in [2.45, 2.75) is 48.2 Å². The molecule has 0 radical (unpaired) electrons. The third-order valence-corrected chi connectivity index (χ3v) is 8.62. The van der Waals surface area contributed by atoms with Gasteiger partial charge < -0.3 is 9.72 Å². The normalized spacial score (nSPS) is 19.9. The molecule has 2 unspecified atom stereocenters. The number of nitrogens with zero attached hydrogens (tertiary/aromatic N) is 1. The summed E-state index contributed by atoms with van der Waals surface area (Å²) >= 11 is 1.65. The highest BCUT2D eigenvalue weighted by Crippen LogP contribution is 2.37. The zero-order chi connectivity index (χ0) is 19.6. The number of H-pyrrole nitrogens is 1. The van der Waals surface area contributed by atoms with Gasteiger partial charge in [0.25, 0.3) is 0 Å². The first-order valence-electron chi connectivity index (χ1n) is 10.4. The quantitative estimate of drug-likeness (QED) is 0.553. The van der Waals surface area contributed by atoms with E-state index in [2.05, 4.69) is 46.4 Å². The van der Waals surface area contributed by atoms with E-state index in [1.54, 1.807) is 11.3 Å². The summed E-state index contributed by atoms with van der Waals surface area (Å²) in [5.74, 6) is 0.968. The Morgan fingerprint density at radius 1 is 1.10 bits per heavy atom. The van der Waals surface area contributed by atoms with Crippen LogP contribution in [0.25, 0.3) is 10.7 Å². The van der Waals surface area contributed by atoms with E-state index >= 15 is 0 Å². The molecule has 4 nitrogen and oxygen atoms in total. The Morgan fingerprint density at radius 3 is 2.59 bits per heavy atom. The van der Waals surface area contributed by atoms with Crippen molar-refractivity contribution in [2.75, 3.05) is 13.2 Å². The van der Waals surface area contributed by atoms with Crippen molar-refractivity contribution >= 4 is 22.1 Å². The number of nitrogens with one attached hydrogen (secondary N) is 1. The molecule has 6 heteroatoms. The van der Waals surface area contributed by atoms with E-state index < -0.39 is 10.8 Å². The van der Waals surface area contributed by atoms with Crippen LogP contribution >= 0.6 is 11.3 Å². The number of rotatable bonds is 7. The van der Waals surface area contributed by atoms with Gasteiger partial charge in [0.15, 0.2) is 0 Å². The molecular weight excluding hydrogens is 400 g/mol. The Kier molecular flexibility index (Phi) is 5.66. The maximum Gasteiger partial charge on any atom is 0.139 e. The lowest BCUT2D eigenvalue weighted by Gasteiger charge is -2.27. The Morgan fingerprint density at radius 2 is 1.90 bits per heavy atom. The molecule has 1 aliphatic heterocycles. The summed E-state index contributed by atoms with van der Waals surface area (Å²) in [5.41, 5.74) is 3.61. The largest absolute Gasteiger partial charge is 0.381 e. The van der Waals surface area contributed by atoms with Gasteiger partial charge >= 0.3 is 0 Å². The lowest BCUT2D eigenvalue weighted by molar-refractivity contribution is 0.0626. The molecule has 152 valence electrons. The lowest BCUT2D eigenvalue weighted by atomic mass is 9.83. The minimum absolute atomic E-state index is 0.301. The summed E-state index contributed by atoms with van der Waals surface area (Å²) in [7, 11) is -0.844. The SMILES string of the molecule is O=S(c1ccc(C(CC2CCOCC2)c2ccc(-c3nccs3)[nH]2)cc1)C1CC1. The highest BCUT2D eigenvalue weighted by molar-refractivity contribution is 7.86. The number of hydrogen-bond acceptors (Lipinski definition) is 4. The van der Waals surface area contributed by atoms with Gasteiger partial charge in [0.1, 0.15) is 5.01 Å². The van der Waals surface area contributed by atoms with Gasteiger partial charge in [-0.15, -0.1) is 11.3 Å². The maximum atomic E-state index is 12.5. The molecule has 2 atom stereocenters. The first kappa shape index (κ1) is 19.2. The minimum Gasteiger partial charge on any atom is -0.381 e. The number of benzene rings is 1. The van der Waals surface area contributed by atoms with Gasteiger partial charge in [0, 0.05) is 46.5 Å². The van der Waals surface area contributed by atoms with E-state index in [-0.39, 0.29) is 0 Å². The van der Waals surface area contributed by atoms with Crippen LogP contribution < -0.4 is 0 Å². The Labute approximate surface area is 178 Å². The molecule has 3 heterocycles. The third kappa shape index (κ3) is 4.39. The van der Waals surface area contributed by atoms with Crippen LogP contribution in [0.2, 0.25) is 0 Å². The molecular formula is C23H26N2O2S2. The molecule has 1 saturated heterocycles. The second-order valence-corrected chi connectivity index (χ2v) is 10.7. The molecule has 1 aromatic carbocycles. The van der Waals surface area contributed by atoms with E-state index in [0.29, 0.717) is 17.1 Å². The van der Waals surface area contributed by atoms with Gasteiger partial charge in [-0.1, -0.05) is 12.1 Å². The topological polar surface area (TPSA) is 55.0 Å². The van der Waals surface area contributed by atoms with E-state index in [1.807, 2.05) is 11.6 Å². The van der Waals surface area contributed by atoms with Crippen molar-refractivity contribution in [3.05, 3.63) is 59.2 Å². The molecule has 1 aliphatic carbocycles. The van der Waals surface area contributed by atoms with Crippen molar-refractivity contribution in [1.82, 2.24) is 9.97 Å². The molecule has 3 aromatic rings. The van der Waals surface area contributed by atoms with Gasteiger partial charge in [0.2, 0.25) is 0 Å². The standard InChI is InChI=1S/C23H26N2O2S2/c26-29(19-5-6-19)18-3-1-17(2-4-18)20(15-16-9-12-27-13-10-16)21-7-8-22(25-21)23-24-11-14-28-23/h1-4,7-8,11,14,16,19-20,25H,5-6,9-10,12-13,15H2. The van der Waals surface area contributed by atoms with Gasteiger partial charge in [-0.25, -0.2) is 4.98 Å². The van der Waals surface area contributed by atoms with Crippen molar-refractivity contribution in [3.8, 4) is 10.7 Å². The molecule has 1 N–H and O–H groups in total. The second-order valence-electron chi connectivity index (χ2n) is 8.07. The lowest BCUT2D eigenvalue weighted by Crippen LogP contribution is -2.18. The van der Waals surface area contributed by atoms with Crippen molar-refractivity contribution in [1.29, 1.82) is 0 Å². The summed E-state index contributed by atoms with van der Waals surface area (Å²) in [4.78, 5) is 9.03. The summed E-state index contributed by atoms with van der Waals surface area (Å²) in [6, 6.07) is 12.9. The number of aromatic amines is 1. The first-order valence-corrected chi connectivity index (χ1v) is 12.5. The van der Waals surface area contributed by atoms with Crippen LogP contribution in [-0.2, 0) is 15.5 Å². The smallest absolute Gasteiger partial charge is 0.139 e. The van der Waals surface area contributed by atoms with Crippen LogP contribution in [0.15, 0.2) is 52.9 Å². The number of thiazole rings is 1. The Hall–Kier alpha value is -1.76. The Balaban J connectivity index is 1.42. The van der Waals surface area contributed by atoms with Gasteiger partial charge in [-0.3, -0.25) is 4.21 Å². The second kappa shape index (κ2) is 8.54. The molecule has 2 aliphatic rings. The molecule has 5 rings (SSSR count). The molecule has 0 spiro atoms. The van der Waals surface area contributed by atoms with Crippen LogP contribution in [0, 0.1) is 5.92 Å². The highest BCUT2D eigenvalue weighted by Gasteiger charge is 2.29. The van der Waals surface area contributed by atoms with Gasteiger partial charge in [-0.05, 0) is 67.9 Å². The fourth-order valence-corrected chi connectivity index (χ4v) is 6.14. The van der Waals surface area contributed by atoms with Crippen LogP contribution in [0.4, 0.5) is 0 Å². The first-order chi connectivity index (χ1) is 14.3. The van der Waals surface area contributed by atoms with Crippen molar-refractivity contribution in [3.63, 3.8) is 0 Å². The third-order valence-electron chi connectivity index (χ3n) is 6.00. The fraction of sp³-hybridized carbons (Fsp3) is 0.435. The number of ether oxygens (including phenoxy) is 1. The van der Waals surface area contributed by atoms with Crippen LogP contribution in [0.1, 0.15) is 49.3 Å². The van der Waals surface area contributed by atoms with Crippen LogP contribution in [0.5, 0.6) is 0 Å². The monoisotopic (exact) mass is 426 g/mol. The average molecular weight is 427 g/mol. The van der Waals surface area contributed by atoms with Crippen LogP contribution in [0.3, 0.4) is 0 Å². The summed E-state index contributed by atoms with van der Waals surface area (Å²) in [6.45, 7) is 1.73. The average Bonchev–Trinajstić information content (AvgIpc) is 3.25. The minimum atomic E-state index is -0.844. The predicted molar refractivity (Wildman–Crippen MR) is 118 cm³/mol. The molecule has 2 fully saturated rings. The summed E-state index contributed by atoms with van der Waals surface area (Å²) in [6.07, 6.45) is 7.40. The summed E-state index contributed by atoms with van der Waals surface area (Å²) < 4.78 is 18.1. The highest BCUT2D eigenvalue weighted by atomic mass is 32.2. The van der Waals surface area contributed by atoms with Crippen LogP contribution in [-0.4, -0.2) is 32.6 Å². The van der Waals surface area contributed by atoms with E-state index in [4.69, 9.17) is 4.74 Å².